The van der Waals surface area contributed by atoms with Gasteiger partial charge in [-0.3, -0.25) is 0 Å². The molecule has 0 N–H and O–H groups in total. The van der Waals surface area contributed by atoms with Gasteiger partial charge in [0.25, 0.3) is 0 Å². The maximum absolute atomic E-state index is 9.75. The van der Waals surface area contributed by atoms with Gasteiger partial charge in [-0.05, 0) is 0 Å². The Morgan fingerprint density at radius 1 is 0.583 bits per heavy atom. The molecule has 0 radical (unpaired) electrons. The quantitative estimate of drug-likeness (QED) is 0.479. The Balaban J connectivity index is 0. The minimum atomic E-state index is -6.00. The van der Waals surface area contributed by atoms with Crippen molar-refractivity contribution in [2.24, 2.45) is 0 Å². The van der Waals surface area contributed by atoms with Gasteiger partial charge in [-0.1, -0.05) is 36.4 Å². The van der Waals surface area contributed by atoms with Crippen LogP contribution in [0.15, 0.2) is 36.4 Å². The second-order valence-corrected chi connectivity index (χ2v) is 1.65. The Morgan fingerprint density at radius 2 is 0.667 bits per heavy atom. The van der Waals surface area contributed by atoms with Crippen molar-refractivity contribution in [2.75, 3.05) is 0 Å². The molecule has 1 aromatic carbocycles. The Morgan fingerprint density at radius 3 is 0.750 bits per heavy atom. The number of hydrogen-bond donors (Lipinski definition) is 0. The molecule has 1 aromatic rings. The molecule has 0 saturated carbocycles. The second kappa shape index (κ2) is 7.23. The van der Waals surface area contributed by atoms with Gasteiger partial charge in [-0.15, -0.1) is 0 Å². The molecule has 0 aliphatic heterocycles. The molecule has 0 aliphatic carbocycles. The first-order chi connectivity index (χ1) is 5.00. The molecular weight excluding hydrogens is 234 g/mol. The van der Waals surface area contributed by atoms with Gasteiger partial charge >= 0.3 is 25.2 Å². The van der Waals surface area contributed by atoms with Crippen LogP contribution in [0.4, 0.5) is 17.3 Å². The van der Waals surface area contributed by atoms with Crippen molar-refractivity contribution in [1.82, 2.24) is 0 Å². The maximum atomic E-state index is 9.75. The van der Waals surface area contributed by atoms with Gasteiger partial charge in [-0.2, -0.15) is 0 Å². The van der Waals surface area contributed by atoms with E-state index >= 15 is 0 Å². The first-order valence-corrected chi connectivity index (χ1v) is 2.87. The molecule has 1 rings (SSSR count). The summed E-state index contributed by atoms with van der Waals surface area (Å²) in [6, 6.07) is 12.0. The van der Waals surface area contributed by atoms with Gasteiger partial charge in [0.15, 0.2) is 0 Å². The van der Waals surface area contributed by atoms with E-state index in [1.165, 1.54) is 0 Å². The van der Waals surface area contributed by atoms with Crippen molar-refractivity contribution < 1.29 is 17.3 Å². The van der Waals surface area contributed by atoms with Gasteiger partial charge < -0.3 is 17.3 Å². The Kier molecular flexibility index (Phi) is 8.49. The molecule has 0 aromatic heterocycles. The van der Waals surface area contributed by atoms with E-state index in [9.17, 15) is 17.3 Å². The first-order valence-electron chi connectivity index (χ1n) is 2.87. The van der Waals surface area contributed by atoms with Crippen LogP contribution in [0.25, 0.3) is 0 Å². The van der Waals surface area contributed by atoms with Crippen LogP contribution in [-0.4, -0.2) is 25.2 Å². The van der Waals surface area contributed by atoms with Gasteiger partial charge in [0.1, 0.15) is 0 Å². The smallest absolute Gasteiger partial charge is 0.0623 e. The van der Waals surface area contributed by atoms with Crippen molar-refractivity contribution >= 4 is 25.2 Å². The molecule has 6 heteroatoms. The molecule has 0 fully saturated rings. The molecule has 12 heavy (non-hydrogen) atoms. The second-order valence-electron chi connectivity index (χ2n) is 1.65. The van der Waals surface area contributed by atoms with Crippen molar-refractivity contribution in [2.45, 2.75) is 0 Å². The average Bonchev–Trinajstić information content (AvgIpc) is 1.88. The summed E-state index contributed by atoms with van der Waals surface area (Å²) in [6.45, 7) is 0. The van der Waals surface area contributed by atoms with E-state index < -0.39 is 7.25 Å². The third-order valence-electron chi connectivity index (χ3n) is 0.667. The van der Waals surface area contributed by atoms with Crippen LogP contribution in [0, 0.1) is 0 Å². The average molecular weight is 244 g/mol. The van der Waals surface area contributed by atoms with E-state index in [-0.39, 0.29) is 18.0 Å². The fourth-order valence-corrected chi connectivity index (χ4v) is 0.385. The predicted molar refractivity (Wildman–Crippen MR) is 48.0 cm³/mol. The maximum Gasteiger partial charge on any atom is -0.0623 e. The minimum Gasteiger partial charge on any atom is -0.0623 e. The fourth-order valence-electron chi connectivity index (χ4n) is 0.385. The van der Waals surface area contributed by atoms with Crippen molar-refractivity contribution in [3.05, 3.63) is 36.4 Å². The molecule has 0 nitrogen and oxygen atoms in total. The number of hydrogen-bond acceptors (Lipinski definition) is 0. The fraction of sp³-hybridized carbons (Fsp3) is 0. The Bertz CT molecular complexity index is 144. The zero-order valence-electron chi connectivity index (χ0n) is 6.55. The van der Waals surface area contributed by atoms with Crippen LogP contribution in [0.5, 0.6) is 0 Å². The van der Waals surface area contributed by atoms with Gasteiger partial charge in [-0.25, -0.2) is 0 Å². The summed E-state index contributed by atoms with van der Waals surface area (Å²) < 4.78 is 39.0. The third-order valence-corrected chi connectivity index (χ3v) is 0.667. The van der Waals surface area contributed by atoms with Crippen molar-refractivity contribution in [3.8, 4) is 0 Å². The molecule has 0 amide bonds. The summed E-state index contributed by atoms with van der Waals surface area (Å²) in [5.74, 6) is 0. The van der Waals surface area contributed by atoms with E-state index in [0.29, 0.717) is 0 Å². The molecule has 0 bridgehead atoms. The number of halogens is 4. The van der Waals surface area contributed by atoms with E-state index in [1.54, 1.807) is 0 Å². The molecule has 0 saturated heterocycles. The molecule has 1 unspecified atom stereocenters. The van der Waals surface area contributed by atoms with Crippen LogP contribution in [0.1, 0.15) is 0 Å². The predicted octanol–water partition coefficient (Wildman–Crippen LogP) is 1.53. The number of rotatable bonds is 0. The monoisotopic (exact) mass is 244 g/mol. The molecule has 0 aliphatic rings. The Labute approximate surface area is 79.4 Å². The van der Waals surface area contributed by atoms with Crippen molar-refractivity contribution in [1.29, 1.82) is 0 Å². The first kappa shape index (κ1) is 14.1. The zero-order chi connectivity index (χ0) is 8.74. The van der Waals surface area contributed by atoms with Gasteiger partial charge in [0.05, 0.1) is 0 Å². The zero-order valence-corrected chi connectivity index (χ0v) is 10.7. The topological polar surface area (TPSA) is 0 Å². The molecule has 1 atom stereocenters. The molecule has 0 spiro atoms. The molecule has 70 valence electrons. The van der Waals surface area contributed by atoms with E-state index in [1.807, 2.05) is 36.4 Å². The van der Waals surface area contributed by atoms with Crippen molar-refractivity contribution in [3.63, 3.8) is 0 Å². The van der Waals surface area contributed by atoms with Crippen LogP contribution < -0.4 is 0 Å². The van der Waals surface area contributed by atoms with Crippen LogP contribution in [-0.2, 0) is 0 Å². The SMILES string of the molecule is F[B-](F)(F)F.[AsH4+].c1ccccc1. The summed E-state index contributed by atoms with van der Waals surface area (Å²) in [4.78, 5) is 0. The van der Waals surface area contributed by atoms with E-state index in [0.717, 1.165) is 0 Å². The number of benzene rings is 1. The standard InChI is InChI=1S/C6H6.AsH4.BF4/c1-2-4-6-5-3-1;;2-1(3,4)5/h1-6H;1H4;/q;+1;-1. The van der Waals surface area contributed by atoms with E-state index in [2.05, 4.69) is 0 Å². The Hall–Kier alpha value is -0.437. The summed E-state index contributed by atoms with van der Waals surface area (Å²) in [5, 5.41) is 0. The van der Waals surface area contributed by atoms with Crippen LogP contribution >= 0.6 is 0 Å². The normalized spacial score (nSPS) is 9.00. The van der Waals surface area contributed by atoms with Gasteiger partial charge in [0.2, 0.25) is 0 Å². The largest absolute Gasteiger partial charge is 0.0623 e. The summed E-state index contributed by atoms with van der Waals surface area (Å²) in [6.07, 6.45) is 0. The van der Waals surface area contributed by atoms with Crippen LogP contribution in [0.3, 0.4) is 0 Å². The van der Waals surface area contributed by atoms with Crippen LogP contribution in [0.2, 0.25) is 0 Å². The van der Waals surface area contributed by atoms with E-state index in [4.69, 9.17) is 0 Å². The minimum absolute atomic E-state index is 0. The third kappa shape index (κ3) is 22.7. The summed E-state index contributed by atoms with van der Waals surface area (Å²) >= 11 is 0. The summed E-state index contributed by atoms with van der Waals surface area (Å²) in [5.41, 5.74) is 0. The summed E-state index contributed by atoms with van der Waals surface area (Å²) in [7, 11) is -6.00. The molecule has 0 heterocycles. The molecular formula is C6H10AsBF4. The van der Waals surface area contributed by atoms with Gasteiger partial charge in [0, 0.05) is 0 Å².